The summed E-state index contributed by atoms with van der Waals surface area (Å²) in [5.41, 5.74) is 13.3. The highest BCUT2D eigenvalue weighted by Gasteiger charge is 2.40. The number of nitrogens with one attached hydrogen (secondary N) is 1. The molecular weight excluding hydrogens is 342 g/mol. The van der Waals surface area contributed by atoms with E-state index < -0.39 is 5.91 Å². The molecule has 7 nitrogen and oxygen atoms in total. The second-order valence-corrected chi connectivity index (χ2v) is 7.74. The largest absolute Gasteiger partial charge is 0.364 e. The summed E-state index contributed by atoms with van der Waals surface area (Å²) >= 11 is 0. The van der Waals surface area contributed by atoms with E-state index in [9.17, 15) is 9.59 Å². The van der Waals surface area contributed by atoms with Crippen LogP contribution in [-0.4, -0.2) is 27.6 Å². The van der Waals surface area contributed by atoms with Gasteiger partial charge in [0.25, 0.3) is 5.91 Å². The Morgan fingerprint density at radius 3 is 2.33 bits per heavy atom. The molecule has 2 aromatic rings. The average molecular weight is 367 g/mol. The minimum Gasteiger partial charge on any atom is -0.364 e. The predicted molar refractivity (Wildman–Crippen MR) is 102 cm³/mol. The number of amides is 2. The van der Waals surface area contributed by atoms with Crippen LogP contribution in [0.2, 0.25) is 0 Å². The molecular formula is C20H25N5O2. The fourth-order valence-corrected chi connectivity index (χ4v) is 4.54. The van der Waals surface area contributed by atoms with Crippen molar-refractivity contribution in [2.75, 3.05) is 5.32 Å². The minimum absolute atomic E-state index is 0.0454. The lowest BCUT2D eigenvalue weighted by Crippen LogP contribution is -2.48. The van der Waals surface area contributed by atoms with Gasteiger partial charge < -0.3 is 16.8 Å². The Bertz CT molecular complexity index is 830. The lowest BCUT2D eigenvalue weighted by atomic mass is 9.65. The Hall–Kier alpha value is -2.67. The number of carbonyl (C=O) groups excluding carboxylic acids is 2. The molecule has 2 saturated carbocycles. The molecule has 7 heteroatoms. The van der Waals surface area contributed by atoms with Crippen molar-refractivity contribution in [1.82, 2.24) is 9.78 Å². The van der Waals surface area contributed by atoms with E-state index in [1.807, 2.05) is 24.3 Å². The van der Waals surface area contributed by atoms with Crippen molar-refractivity contribution in [3.05, 3.63) is 42.2 Å². The van der Waals surface area contributed by atoms with Crippen LogP contribution in [0.4, 0.5) is 5.69 Å². The van der Waals surface area contributed by atoms with Gasteiger partial charge in [-0.1, -0.05) is 6.42 Å². The van der Waals surface area contributed by atoms with Gasteiger partial charge >= 0.3 is 0 Å². The third-order valence-electron chi connectivity index (χ3n) is 6.02. The molecule has 2 unspecified atom stereocenters. The lowest BCUT2D eigenvalue weighted by molar-refractivity contribution is -0.122. The van der Waals surface area contributed by atoms with Gasteiger partial charge in [-0.25, -0.2) is 4.68 Å². The zero-order valence-electron chi connectivity index (χ0n) is 15.2. The molecule has 2 aliphatic rings. The number of primary amides is 1. The van der Waals surface area contributed by atoms with Crippen LogP contribution in [-0.2, 0) is 4.79 Å². The van der Waals surface area contributed by atoms with Crippen LogP contribution in [0.15, 0.2) is 36.5 Å². The highest BCUT2D eigenvalue weighted by molar-refractivity contribution is 5.92. The molecule has 5 N–H and O–H groups in total. The lowest BCUT2D eigenvalue weighted by Gasteiger charge is -2.43. The molecule has 2 bridgehead atoms. The van der Waals surface area contributed by atoms with E-state index in [-0.39, 0.29) is 23.6 Å². The van der Waals surface area contributed by atoms with Crippen LogP contribution in [0.3, 0.4) is 0 Å². The molecule has 1 heterocycles. The normalized spacial score (nSPS) is 27.1. The van der Waals surface area contributed by atoms with Crippen molar-refractivity contribution in [3.63, 3.8) is 0 Å². The maximum absolute atomic E-state index is 12.7. The summed E-state index contributed by atoms with van der Waals surface area (Å²) in [5.74, 6) is 0.532. The molecule has 2 aliphatic carbocycles. The summed E-state index contributed by atoms with van der Waals surface area (Å²) in [6.07, 6.45) is 7.00. The van der Waals surface area contributed by atoms with E-state index in [2.05, 4.69) is 10.4 Å². The number of hydrogen-bond acceptors (Lipinski definition) is 4. The van der Waals surface area contributed by atoms with E-state index in [1.54, 1.807) is 16.9 Å². The third-order valence-corrected chi connectivity index (χ3v) is 6.02. The molecule has 4 rings (SSSR count). The van der Waals surface area contributed by atoms with Crippen LogP contribution in [0, 0.1) is 17.8 Å². The van der Waals surface area contributed by atoms with Gasteiger partial charge in [0, 0.05) is 23.8 Å². The van der Waals surface area contributed by atoms with Crippen molar-refractivity contribution >= 4 is 17.5 Å². The molecule has 2 atom stereocenters. The number of carbonyl (C=O) groups is 2. The molecule has 1 aromatic heterocycles. The number of hydrogen-bond donors (Lipinski definition) is 3. The van der Waals surface area contributed by atoms with Gasteiger partial charge in [-0.15, -0.1) is 0 Å². The predicted octanol–water partition coefficient (Wildman–Crippen LogP) is 2.06. The van der Waals surface area contributed by atoms with Gasteiger partial charge in [0.15, 0.2) is 0 Å². The molecule has 0 radical (unpaired) electrons. The molecule has 0 spiro atoms. The van der Waals surface area contributed by atoms with E-state index in [0.29, 0.717) is 11.8 Å². The van der Waals surface area contributed by atoms with Crippen LogP contribution in [0.5, 0.6) is 0 Å². The maximum atomic E-state index is 12.7. The van der Waals surface area contributed by atoms with Crippen LogP contribution < -0.4 is 16.8 Å². The zero-order valence-corrected chi connectivity index (χ0v) is 15.2. The molecule has 142 valence electrons. The Morgan fingerprint density at radius 2 is 1.74 bits per heavy atom. The average Bonchev–Trinajstić information content (AvgIpc) is 3.12. The van der Waals surface area contributed by atoms with E-state index in [1.165, 1.54) is 6.42 Å². The number of anilines is 1. The highest BCUT2D eigenvalue weighted by atomic mass is 16.2. The number of rotatable bonds is 4. The molecule has 2 fully saturated rings. The fourth-order valence-electron chi connectivity index (χ4n) is 4.54. The summed E-state index contributed by atoms with van der Waals surface area (Å²) < 4.78 is 1.58. The van der Waals surface area contributed by atoms with Crippen molar-refractivity contribution < 1.29 is 9.59 Å². The van der Waals surface area contributed by atoms with Gasteiger partial charge in [-0.3, -0.25) is 9.59 Å². The number of benzene rings is 1. The summed E-state index contributed by atoms with van der Waals surface area (Å²) in [7, 11) is 0. The third kappa shape index (κ3) is 3.60. The van der Waals surface area contributed by atoms with Crippen molar-refractivity contribution in [2.24, 2.45) is 29.2 Å². The summed E-state index contributed by atoms with van der Waals surface area (Å²) in [6, 6.07) is 9.21. The number of nitrogens with two attached hydrogens (primary N) is 2. The minimum atomic E-state index is -0.561. The fraction of sp³-hybridized carbons (Fsp3) is 0.450. The van der Waals surface area contributed by atoms with Crippen molar-refractivity contribution in [2.45, 2.75) is 38.1 Å². The first-order valence-electron chi connectivity index (χ1n) is 9.53. The molecule has 0 aliphatic heterocycles. The van der Waals surface area contributed by atoms with Crippen LogP contribution >= 0.6 is 0 Å². The maximum Gasteiger partial charge on any atom is 0.269 e. The number of fused-ring (bicyclic) bond motifs is 2. The first-order chi connectivity index (χ1) is 13.0. The monoisotopic (exact) mass is 367 g/mol. The summed E-state index contributed by atoms with van der Waals surface area (Å²) in [5, 5.41) is 7.16. The van der Waals surface area contributed by atoms with E-state index >= 15 is 0 Å². The number of nitrogens with zero attached hydrogens (tertiary/aromatic N) is 2. The molecule has 1 aromatic carbocycles. The first kappa shape index (κ1) is 17.7. The van der Waals surface area contributed by atoms with Crippen molar-refractivity contribution in [3.8, 4) is 5.69 Å². The Morgan fingerprint density at radius 1 is 1.07 bits per heavy atom. The molecule has 2 amide bonds. The first-order valence-corrected chi connectivity index (χ1v) is 9.53. The smallest absolute Gasteiger partial charge is 0.269 e. The zero-order chi connectivity index (χ0) is 19.0. The number of aromatic nitrogens is 2. The van der Waals surface area contributed by atoms with Crippen LogP contribution in [0.25, 0.3) is 5.69 Å². The summed E-state index contributed by atoms with van der Waals surface area (Å²) in [6.45, 7) is 0. The van der Waals surface area contributed by atoms with Gasteiger partial charge in [0.1, 0.15) is 5.69 Å². The standard InChI is InChI=1S/C20H25N5O2/c21-18-12-2-1-3-13(18)11-14(10-12)20(27)23-15-4-6-16(7-5-15)25-9-8-17(24-25)19(22)26/h4-9,12-14,18H,1-3,10-11,21H2,(H2,22,26)(H,23,27). The SMILES string of the molecule is NC(=O)c1ccn(-c2ccc(NC(=O)C3CC4CCCC(C3)C4N)cc2)n1. The topological polar surface area (TPSA) is 116 Å². The van der Waals surface area contributed by atoms with Gasteiger partial charge in [0.05, 0.1) is 5.69 Å². The Kier molecular flexibility index (Phi) is 4.70. The molecule has 27 heavy (non-hydrogen) atoms. The van der Waals surface area contributed by atoms with E-state index in [0.717, 1.165) is 37.1 Å². The second kappa shape index (κ2) is 7.15. The Balaban J connectivity index is 1.41. The summed E-state index contributed by atoms with van der Waals surface area (Å²) in [4.78, 5) is 23.9. The second-order valence-electron chi connectivity index (χ2n) is 7.74. The quantitative estimate of drug-likeness (QED) is 0.767. The Labute approximate surface area is 158 Å². The van der Waals surface area contributed by atoms with E-state index in [4.69, 9.17) is 11.5 Å². The highest BCUT2D eigenvalue weighted by Crippen LogP contribution is 2.42. The van der Waals surface area contributed by atoms with Crippen LogP contribution in [0.1, 0.15) is 42.6 Å². The van der Waals surface area contributed by atoms with Gasteiger partial charge in [0.2, 0.25) is 5.91 Å². The van der Waals surface area contributed by atoms with Gasteiger partial charge in [-0.2, -0.15) is 5.10 Å². The van der Waals surface area contributed by atoms with Crippen molar-refractivity contribution in [1.29, 1.82) is 0 Å². The molecule has 0 saturated heterocycles. The van der Waals surface area contributed by atoms with Gasteiger partial charge in [-0.05, 0) is 67.9 Å².